The smallest absolute Gasteiger partial charge is 0.264 e. The molecule has 0 radical (unpaired) electrons. The van der Waals surface area contributed by atoms with Gasteiger partial charge in [0.25, 0.3) is 10.0 Å². The maximum atomic E-state index is 14.0. The van der Waals surface area contributed by atoms with Crippen LogP contribution in [-0.2, 0) is 26.2 Å². The highest BCUT2D eigenvalue weighted by Crippen LogP contribution is 2.27. The first-order chi connectivity index (χ1) is 19.2. The lowest BCUT2D eigenvalue weighted by atomic mass is 10.1. The summed E-state index contributed by atoms with van der Waals surface area (Å²) in [6, 6.07) is 20.7. The molecule has 0 heterocycles. The van der Waals surface area contributed by atoms with Gasteiger partial charge in [0, 0.05) is 17.6 Å². The highest BCUT2D eigenvalue weighted by Gasteiger charge is 2.33. The SMILES string of the molecule is COc1cccc(CN(C(=O)CN(c2cccc(Cl)c2)S(=O)(=O)c2ccccc2)[C@@H](C)C(=O)NC2CCCC2)c1. The number of hydrogen-bond acceptors (Lipinski definition) is 5. The molecule has 40 heavy (non-hydrogen) atoms. The summed E-state index contributed by atoms with van der Waals surface area (Å²) in [5.41, 5.74) is 0.988. The zero-order valence-corrected chi connectivity index (χ0v) is 24.2. The highest BCUT2D eigenvalue weighted by atomic mass is 35.5. The molecule has 1 atom stereocenters. The standard InChI is InChI=1S/C30H34ClN3O5S/c1-22(30(36)32-25-12-6-7-13-25)33(20-23-10-8-15-27(18-23)39-2)29(35)21-34(26-14-9-11-24(31)19-26)40(37,38)28-16-4-3-5-17-28/h3-5,8-11,14-19,22,25H,6-7,12-13,20-21H2,1-2H3,(H,32,36)/t22-/m0/s1. The molecule has 0 unspecified atom stereocenters. The summed E-state index contributed by atoms with van der Waals surface area (Å²) in [7, 11) is -2.59. The lowest BCUT2D eigenvalue weighted by Gasteiger charge is -2.32. The summed E-state index contributed by atoms with van der Waals surface area (Å²) in [5.74, 6) is -0.195. The molecule has 1 N–H and O–H groups in total. The molecule has 0 spiro atoms. The van der Waals surface area contributed by atoms with Crippen molar-refractivity contribution in [2.24, 2.45) is 0 Å². The van der Waals surface area contributed by atoms with Crippen LogP contribution in [-0.4, -0.2) is 50.9 Å². The van der Waals surface area contributed by atoms with Gasteiger partial charge in [0.15, 0.2) is 0 Å². The van der Waals surface area contributed by atoms with Crippen LogP contribution in [0.4, 0.5) is 5.69 Å². The molecule has 1 saturated carbocycles. The van der Waals surface area contributed by atoms with Crippen LogP contribution in [0.3, 0.4) is 0 Å². The van der Waals surface area contributed by atoms with E-state index in [4.69, 9.17) is 16.3 Å². The summed E-state index contributed by atoms with van der Waals surface area (Å²) in [4.78, 5) is 28.8. The van der Waals surface area contributed by atoms with Crippen molar-refractivity contribution in [2.45, 2.75) is 56.1 Å². The average Bonchev–Trinajstić information content (AvgIpc) is 3.47. The van der Waals surface area contributed by atoms with Crippen LogP contribution in [0.5, 0.6) is 5.75 Å². The molecule has 8 nitrogen and oxygen atoms in total. The van der Waals surface area contributed by atoms with Crippen molar-refractivity contribution >= 4 is 39.1 Å². The van der Waals surface area contributed by atoms with Gasteiger partial charge in [0.05, 0.1) is 17.7 Å². The molecular formula is C30H34ClN3O5S. The Labute approximate surface area is 240 Å². The lowest BCUT2D eigenvalue weighted by Crippen LogP contribution is -2.52. The number of ether oxygens (including phenoxy) is 1. The monoisotopic (exact) mass is 583 g/mol. The number of amides is 2. The van der Waals surface area contributed by atoms with E-state index in [-0.39, 0.29) is 29.1 Å². The molecule has 1 aliphatic carbocycles. The summed E-state index contributed by atoms with van der Waals surface area (Å²) < 4.78 is 34.0. The number of carbonyl (C=O) groups excluding carboxylic acids is 2. The van der Waals surface area contributed by atoms with Crippen molar-refractivity contribution in [2.75, 3.05) is 18.0 Å². The van der Waals surface area contributed by atoms with Crippen LogP contribution in [0.15, 0.2) is 83.8 Å². The number of carbonyl (C=O) groups is 2. The molecule has 0 aromatic heterocycles. The van der Waals surface area contributed by atoms with Gasteiger partial charge in [0.1, 0.15) is 18.3 Å². The van der Waals surface area contributed by atoms with E-state index in [0.29, 0.717) is 10.8 Å². The number of anilines is 1. The van der Waals surface area contributed by atoms with Gasteiger partial charge in [-0.2, -0.15) is 0 Å². The van der Waals surface area contributed by atoms with Crippen LogP contribution in [0.25, 0.3) is 0 Å². The van der Waals surface area contributed by atoms with Gasteiger partial charge in [-0.15, -0.1) is 0 Å². The van der Waals surface area contributed by atoms with Crippen LogP contribution in [0.2, 0.25) is 5.02 Å². The molecule has 0 saturated heterocycles. The number of methoxy groups -OCH3 is 1. The molecule has 1 aliphatic rings. The summed E-state index contributed by atoms with van der Waals surface area (Å²) in [6.07, 6.45) is 3.91. The third kappa shape index (κ3) is 7.14. The van der Waals surface area contributed by atoms with Gasteiger partial charge in [-0.05, 0) is 67.8 Å². The van der Waals surface area contributed by atoms with Gasteiger partial charge < -0.3 is 15.0 Å². The Morgan fingerprint density at radius 2 is 1.70 bits per heavy atom. The van der Waals surface area contributed by atoms with E-state index in [1.165, 1.54) is 23.1 Å². The normalized spacial score (nSPS) is 14.4. The Morgan fingerprint density at radius 1 is 1.00 bits per heavy atom. The maximum Gasteiger partial charge on any atom is 0.264 e. The zero-order chi connectivity index (χ0) is 28.7. The second-order valence-electron chi connectivity index (χ2n) is 9.84. The van der Waals surface area contributed by atoms with E-state index < -0.39 is 28.5 Å². The van der Waals surface area contributed by atoms with E-state index in [9.17, 15) is 18.0 Å². The number of nitrogens with one attached hydrogen (secondary N) is 1. The van der Waals surface area contributed by atoms with Crippen LogP contribution in [0.1, 0.15) is 38.2 Å². The predicted octanol–water partition coefficient (Wildman–Crippen LogP) is 5.02. The fraction of sp³-hybridized carbons (Fsp3) is 0.333. The highest BCUT2D eigenvalue weighted by molar-refractivity contribution is 7.92. The van der Waals surface area contributed by atoms with E-state index in [0.717, 1.165) is 35.6 Å². The molecule has 3 aromatic rings. The molecule has 0 aliphatic heterocycles. The minimum atomic E-state index is -4.14. The first-order valence-corrected chi connectivity index (χ1v) is 15.1. The topological polar surface area (TPSA) is 96.0 Å². The van der Waals surface area contributed by atoms with E-state index in [1.54, 1.807) is 68.6 Å². The zero-order valence-electron chi connectivity index (χ0n) is 22.6. The number of nitrogens with zero attached hydrogens (tertiary/aromatic N) is 2. The van der Waals surface area contributed by atoms with E-state index in [2.05, 4.69) is 5.32 Å². The van der Waals surface area contributed by atoms with Gasteiger partial charge in [-0.25, -0.2) is 8.42 Å². The number of hydrogen-bond donors (Lipinski definition) is 1. The Balaban J connectivity index is 1.68. The van der Waals surface area contributed by atoms with Crippen molar-refractivity contribution in [1.29, 1.82) is 0 Å². The molecule has 0 bridgehead atoms. The second-order valence-corrected chi connectivity index (χ2v) is 12.1. The van der Waals surface area contributed by atoms with Crippen LogP contribution >= 0.6 is 11.6 Å². The van der Waals surface area contributed by atoms with Crippen molar-refractivity contribution in [3.05, 3.63) is 89.4 Å². The Morgan fingerprint density at radius 3 is 2.38 bits per heavy atom. The minimum Gasteiger partial charge on any atom is -0.497 e. The molecule has 212 valence electrons. The van der Waals surface area contributed by atoms with Gasteiger partial charge >= 0.3 is 0 Å². The summed E-state index contributed by atoms with van der Waals surface area (Å²) >= 11 is 6.21. The maximum absolute atomic E-state index is 14.0. The first kappa shape index (κ1) is 29.4. The molecular weight excluding hydrogens is 550 g/mol. The fourth-order valence-electron chi connectivity index (χ4n) is 4.82. The third-order valence-corrected chi connectivity index (χ3v) is 9.09. The van der Waals surface area contributed by atoms with Gasteiger partial charge in [-0.3, -0.25) is 13.9 Å². The Kier molecular flexibility index (Phi) is 9.71. The third-order valence-electron chi connectivity index (χ3n) is 7.06. The first-order valence-electron chi connectivity index (χ1n) is 13.2. The quantitative estimate of drug-likeness (QED) is 0.342. The summed E-state index contributed by atoms with van der Waals surface area (Å²) in [5, 5.41) is 3.39. The number of benzene rings is 3. The molecule has 10 heteroatoms. The number of halogens is 1. The van der Waals surface area contributed by atoms with E-state index in [1.807, 2.05) is 6.07 Å². The predicted molar refractivity (Wildman–Crippen MR) is 156 cm³/mol. The van der Waals surface area contributed by atoms with Crippen molar-refractivity contribution < 1.29 is 22.7 Å². The van der Waals surface area contributed by atoms with Gasteiger partial charge in [-0.1, -0.05) is 60.8 Å². The Hall–Kier alpha value is -3.56. The van der Waals surface area contributed by atoms with Crippen LogP contribution in [0, 0.1) is 0 Å². The van der Waals surface area contributed by atoms with Gasteiger partial charge in [0.2, 0.25) is 11.8 Å². The second kappa shape index (κ2) is 13.2. The molecule has 4 rings (SSSR count). The van der Waals surface area contributed by atoms with Crippen molar-refractivity contribution in [3.8, 4) is 5.75 Å². The summed E-state index contributed by atoms with van der Waals surface area (Å²) in [6.45, 7) is 1.23. The largest absolute Gasteiger partial charge is 0.497 e. The minimum absolute atomic E-state index is 0.0362. The molecule has 3 aromatic carbocycles. The molecule has 1 fully saturated rings. The average molecular weight is 584 g/mol. The lowest BCUT2D eigenvalue weighted by molar-refractivity contribution is -0.139. The van der Waals surface area contributed by atoms with Crippen molar-refractivity contribution in [3.63, 3.8) is 0 Å². The number of rotatable bonds is 11. The van der Waals surface area contributed by atoms with Crippen molar-refractivity contribution in [1.82, 2.24) is 10.2 Å². The van der Waals surface area contributed by atoms with Crippen LogP contribution < -0.4 is 14.4 Å². The fourth-order valence-corrected chi connectivity index (χ4v) is 6.43. The Bertz CT molecular complexity index is 1430. The van der Waals surface area contributed by atoms with E-state index >= 15 is 0 Å². The number of sulfonamides is 1. The molecule has 2 amide bonds.